The van der Waals surface area contributed by atoms with Crippen LogP contribution in [0.1, 0.15) is 22.5 Å². The van der Waals surface area contributed by atoms with Gasteiger partial charge in [0.05, 0.1) is 23.9 Å². The van der Waals surface area contributed by atoms with Crippen molar-refractivity contribution >= 4 is 5.91 Å². The molecule has 3 rings (SSSR count). The summed E-state index contributed by atoms with van der Waals surface area (Å²) in [6.45, 7) is 0.839. The van der Waals surface area contributed by atoms with Gasteiger partial charge in [0, 0.05) is 26.0 Å². The van der Waals surface area contributed by atoms with Crippen molar-refractivity contribution in [1.82, 2.24) is 14.9 Å². The van der Waals surface area contributed by atoms with Crippen molar-refractivity contribution in [2.75, 3.05) is 20.3 Å². The lowest BCUT2D eigenvalue weighted by atomic mass is 10.2. The maximum Gasteiger partial charge on any atom is 0.272 e. The van der Waals surface area contributed by atoms with Gasteiger partial charge in [-0.2, -0.15) is 5.26 Å². The lowest BCUT2D eigenvalue weighted by molar-refractivity contribution is 0.0652. The summed E-state index contributed by atoms with van der Waals surface area (Å²) in [6, 6.07) is 8.66. The van der Waals surface area contributed by atoms with Gasteiger partial charge in [0.2, 0.25) is 0 Å². The fraction of sp³-hybridized carbons (Fsp3) is 0.333. The molecule has 0 N–H and O–H groups in total. The molecule has 0 unspecified atom stereocenters. The summed E-state index contributed by atoms with van der Waals surface area (Å²) in [4.78, 5) is 22.6. The van der Waals surface area contributed by atoms with Crippen molar-refractivity contribution < 1.29 is 14.3 Å². The summed E-state index contributed by atoms with van der Waals surface area (Å²) >= 11 is 0. The second kappa shape index (κ2) is 7.73. The number of carbonyl (C=O) groups excluding carboxylic acids is 1. The van der Waals surface area contributed by atoms with Crippen LogP contribution in [0, 0.1) is 11.3 Å². The molecule has 1 aliphatic heterocycles. The summed E-state index contributed by atoms with van der Waals surface area (Å²) in [7, 11) is 1.64. The van der Waals surface area contributed by atoms with Gasteiger partial charge < -0.3 is 14.4 Å². The third-order valence-electron chi connectivity index (χ3n) is 4.16. The lowest BCUT2D eigenvalue weighted by Crippen LogP contribution is -2.39. The van der Waals surface area contributed by atoms with Crippen LogP contribution in [0.5, 0.6) is 5.75 Å². The van der Waals surface area contributed by atoms with E-state index in [9.17, 15) is 4.79 Å². The van der Waals surface area contributed by atoms with E-state index >= 15 is 0 Å². The van der Waals surface area contributed by atoms with Crippen LogP contribution in [-0.2, 0) is 4.74 Å². The molecule has 0 radical (unpaired) electrons. The van der Waals surface area contributed by atoms with E-state index < -0.39 is 0 Å². The topological polar surface area (TPSA) is 88.3 Å². The molecule has 128 valence electrons. The third-order valence-corrected chi connectivity index (χ3v) is 4.16. The smallest absolute Gasteiger partial charge is 0.272 e. The van der Waals surface area contributed by atoms with Crippen molar-refractivity contribution in [1.29, 1.82) is 5.26 Å². The minimum Gasteiger partial charge on any atom is -0.490 e. The maximum absolute atomic E-state index is 12.8. The van der Waals surface area contributed by atoms with Crippen LogP contribution >= 0.6 is 0 Å². The van der Waals surface area contributed by atoms with Crippen LogP contribution in [0.4, 0.5) is 0 Å². The zero-order valence-corrected chi connectivity index (χ0v) is 13.8. The first kappa shape index (κ1) is 16.9. The van der Waals surface area contributed by atoms with E-state index in [1.54, 1.807) is 42.6 Å². The van der Waals surface area contributed by atoms with Gasteiger partial charge in [0.1, 0.15) is 24.1 Å². The largest absolute Gasteiger partial charge is 0.490 e. The van der Waals surface area contributed by atoms with Gasteiger partial charge in [-0.05, 0) is 30.7 Å². The molecule has 0 bridgehead atoms. The molecule has 2 atom stereocenters. The molecule has 7 nitrogen and oxygen atoms in total. The van der Waals surface area contributed by atoms with Gasteiger partial charge >= 0.3 is 0 Å². The van der Waals surface area contributed by atoms with Gasteiger partial charge in [0.25, 0.3) is 5.91 Å². The molecule has 0 aromatic carbocycles. The van der Waals surface area contributed by atoms with Crippen molar-refractivity contribution in [2.45, 2.75) is 18.6 Å². The summed E-state index contributed by atoms with van der Waals surface area (Å²) in [5.41, 5.74) is 0.728. The Morgan fingerprint density at radius 1 is 1.40 bits per heavy atom. The Labute approximate surface area is 145 Å². The molecule has 1 fully saturated rings. The second-order valence-electron chi connectivity index (χ2n) is 5.75. The van der Waals surface area contributed by atoms with Gasteiger partial charge in [-0.3, -0.25) is 9.78 Å². The molecule has 1 amide bonds. The number of likely N-dealkylation sites (tertiary alicyclic amines) is 1. The van der Waals surface area contributed by atoms with E-state index in [4.69, 9.17) is 14.7 Å². The SMILES string of the molecule is CO[C@@H]1C[C@@H](COc2cccnc2)N(C(=O)c2ccc(C#N)cn2)C1. The molecule has 0 aliphatic carbocycles. The Bertz CT molecular complexity index is 758. The summed E-state index contributed by atoms with van der Waals surface area (Å²) in [5.74, 6) is 0.469. The molecule has 1 saturated heterocycles. The predicted molar refractivity (Wildman–Crippen MR) is 88.9 cm³/mol. The van der Waals surface area contributed by atoms with Gasteiger partial charge in [-0.25, -0.2) is 4.98 Å². The standard InChI is InChI=1S/C18H18N4O3/c1-24-16-7-14(12-25-15-3-2-6-20-10-15)22(11-16)18(23)17-5-4-13(8-19)9-21-17/h2-6,9-10,14,16H,7,11-12H2,1H3/t14-,16+/m0/s1. The number of amides is 1. The highest BCUT2D eigenvalue weighted by Gasteiger charge is 2.36. The first-order valence-electron chi connectivity index (χ1n) is 7.94. The number of ether oxygens (including phenoxy) is 2. The minimum absolute atomic E-state index is 0.0372. The number of nitriles is 1. The molecule has 2 aromatic rings. The zero-order chi connectivity index (χ0) is 17.6. The second-order valence-corrected chi connectivity index (χ2v) is 5.75. The van der Waals surface area contributed by atoms with Crippen molar-refractivity contribution in [3.63, 3.8) is 0 Å². The average Bonchev–Trinajstić information content (AvgIpc) is 3.10. The molecule has 25 heavy (non-hydrogen) atoms. The summed E-state index contributed by atoms with van der Waals surface area (Å²) < 4.78 is 11.2. The summed E-state index contributed by atoms with van der Waals surface area (Å²) in [6.07, 6.45) is 5.37. The monoisotopic (exact) mass is 338 g/mol. The Morgan fingerprint density at radius 2 is 2.28 bits per heavy atom. The van der Waals surface area contributed by atoms with E-state index in [0.717, 1.165) is 0 Å². The lowest BCUT2D eigenvalue weighted by Gasteiger charge is -2.24. The number of methoxy groups -OCH3 is 1. The summed E-state index contributed by atoms with van der Waals surface area (Å²) in [5, 5.41) is 8.84. The number of rotatable bonds is 5. The molecular formula is C18H18N4O3. The minimum atomic E-state index is -0.191. The van der Waals surface area contributed by atoms with E-state index in [-0.39, 0.29) is 18.1 Å². The van der Waals surface area contributed by atoms with E-state index in [0.29, 0.717) is 36.6 Å². The van der Waals surface area contributed by atoms with Crippen LogP contribution in [-0.4, -0.2) is 53.2 Å². The molecular weight excluding hydrogens is 320 g/mol. The highest BCUT2D eigenvalue weighted by molar-refractivity contribution is 5.92. The molecule has 2 aromatic heterocycles. The van der Waals surface area contributed by atoms with Crippen LogP contribution in [0.25, 0.3) is 0 Å². The van der Waals surface area contributed by atoms with Gasteiger partial charge in [-0.1, -0.05) is 0 Å². The van der Waals surface area contributed by atoms with E-state index in [2.05, 4.69) is 9.97 Å². The first-order chi connectivity index (χ1) is 12.2. The average molecular weight is 338 g/mol. The van der Waals surface area contributed by atoms with Gasteiger partial charge in [-0.15, -0.1) is 0 Å². The fourth-order valence-corrected chi connectivity index (χ4v) is 2.81. The van der Waals surface area contributed by atoms with Crippen LogP contribution < -0.4 is 4.74 Å². The number of nitrogens with zero attached hydrogens (tertiary/aromatic N) is 4. The molecule has 1 aliphatic rings. The quantitative estimate of drug-likeness (QED) is 0.824. The molecule has 7 heteroatoms. The first-order valence-corrected chi connectivity index (χ1v) is 7.94. The van der Waals surface area contributed by atoms with Crippen molar-refractivity contribution in [2.24, 2.45) is 0 Å². The molecule has 3 heterocycles. The fourth-order valence-electron chi connectivity index (χ4n) is 2.81. The van der Waals surface area contributed by atoms with E-state index in [1.165, 1.54) is 6.20 Å². The van der Waals surface area contributed by atoms with Crippen LogP contribution in [0.15, 0.2) is 42.9 Å². The van der Waals surface area contributed by atoms with E-state index in [1.807, 2.05) is 12.1 Å². The number of aromatic nitrogens is 2. The predicted octanol–water partition coefficient (Wildman–Crippen LogP) is 1.66. The molecule has 0 spiro atoms. The number of carbonyl (C=O) groups is 1. The zero-order valence-electron chi connectivity index (χ0n) is 13.8. The number of hydrogen-bond acceptors (Lipinski definition) is 6. The normalized spacial score (nSPS) is 19.4. The molecule has 0 saturated carbocycles. The van der Waals surface area contributed by atoms with Crippen molar-refractivity contribution in [3.8, 4) is 11.8 Å². The Balaban J connectivity index is 1.71. The van der Waals surface area contributed by atoms with Crippen LogP contribution in [0.3, 0.4) is 0 Å². The van der Waals surface area contributed by atoms with Crippen LogP contribution in [0.2, 0.25) is 0 Å². The number of hydrogen-bond donors (Lipinski definition) is 0. The Morgan fingerprint density at radius 3 is 2.92 bits per heavy atom. The Hall–Kier alpha value is -2.98. The van der Waals surface area contributed by atoms with Crippen molar-refractivity contribution in [3.05, 3.63) is 54.1 Å². The number of pyridine rings is 2. The Kier molecular flexibility index (Phi) is 5.21. The maximum atomic E-state index is 12.8. The highest BCUT2D eigenvalue weighted by atomic mass is 16.5. The van der Waals surface area contributed by atoms with Gasteiger partial charge in [0.15, 0.2) is 0 Å². The highest BCUT2D eigenvalue weighted by Crippen LogP contribution is 2.23. The third kappa shape index (κ3) is 3.92.